The zero-order chi connectivity index (χ0) is 13.8. The molecule has 0 N–H and O–H groups in total. The maximum absolute atomic E-state index is 12.7. The Morgan fingerprint density at radius 2 is 2.05 bits per heavy atom. The first-order valence-electron chi connectivity index (χ1n) is 5.98. The van der Waals surface area contributed by atoms with Crippen molar-refractivity contribution in [2.45, 2.75) is 26.9 Å². The third-order valence-corrected chi connectivity index (χ3v) is 3.74. The molecule has 0 bridgehead atoms. The van der Waals surface area contributed by atoms with Crippen LogP contribution in [0.15, 0.2) is 24.3 Å². The van der Waals surface area contributed by atoms with Crippen LogP contribution in [0.2, 0.25) is 0 Å². The number of hydrogen-bond acceptors (Lipinski definition) is 4. The van der Waals surface area contributed by atoms with Crippen molar-refractivity contribution < 1.29 is 13.9 Å². The molecule has 0 amide bonds. The summed E-state index contributed by atoms with van der Waals surface area (Å²) < 4.78 is 18.2. The zero-order valence-electron chi connectivity index (χ0n) is 10.8. The summed E-state index contributed by atoms with van der Waals surface area (Å²) in [6.45, 7) is 3.79. The normalized spacial score (nSPS) is 10.5. The second-order valence-corrected chi connectivity index (χ2v) is 5.12. The quantitative estimate of drug-likeness (QED) is 0.785. The van der Waals surface area contributed by atoms with E-state index in [1.807, 2.05) is 6.92 Å². The van der Waals surface area contributed by atoms with Crippen molar-refractivity contribution in [1.29, 1.82) is 0 Å². The van der Waals surface area contributed by atoms with Crippen LogP contribution in [0.1, 0.15) is 34.2 Å². The van der Waals surface area contributed by atoms with Crippen molar-refractivity contribution in [3.05, 3.63) is 45.7 Å². The van der Waals surface area contributed by atoms with E-state index in [9.17, 15) is 9.18 Å². The second kappa shape index (κ2) is 5.93. The number of ether oxygens (including phenoxy) is 1. The molecule has 0 fully saturated rings. The van der Waals surface area contributed by atoms with Crippen LogP contribution in [0, 0.1) is 5.82 Å². The van der Waals surface area contributed by atoms with Gasteiger partial charge in [-0.05, 0) is 30.7 Å². The van der Waals surface area contributed by atoms with E-state index in [-0.39, 0.29) is 18.2 Å². The Kier molecular flexibility index (Phi) is 4.27. The molecule has 0 spiro atoms. The molecular formula is C14H14FNO2S. The highest BCUT2D eigenvalue weighted by molar-refractivity contribution is 7.13. The Balaban J connectivity index is 2.07. The Hall–Kier alpha value is -1.75. The topological polar surface area (TPSA) is 39.2 Å². The lowest BCUT2D eigenvalue weighted by molar-refractivity contribution is 0.102. The molecule has 1 aromatic carbocycles. The first-order valence-corrected chi connectivity index (χ1v) is 6.79. The highest BCUT2D eigenvalue weighted by Crippen LogP contribution is 2.21. The van der Waals surface area contributed by atoms with E-state index in [0.717, 1.165) is 17.1 Å². The van der Waals surface area contributed by atoms with Crippen molar-refractivity contribution >= 4 is 17.1 Å². The van der Waals surface area contributed by atoms with Crippen molar-refractivity contribution in [2.24, 2.45) is 0 Å². The van der Waals surface area contributed by atoms with Crippen molar-refractivity contribution in [2.75, 3.05) is 0 Å². The first-order chi connectivity index (χ1) is 9.10. The number of rotatable bonds is 5. The predicted molar refractivity (Wildman–Crippen MR) is 72.2 cm³/mol. The average molecular weight is 279 g/mol. The minimum Gasteiger partial charge on any atom is -0.486 e. The van der Waals surface area contributed by atoms with Crippen LogP contribution in [0.3, 0.4) is 0 Å². The van der Waals surface area contributed by atoms with Gasteiger partial charge in [0, 0.05) is 6.92 Å². The van der Waals surface area contributed by atoms with Gasteiger partial charge < -0.3 is 4.74 Å². The van der Waals surface area contributed by atoms with Gasteiger partial charge in [0.25, 0.3) is 0 Å². The Labute approximate surface area is 115 Å². The molecule has 0 saturated heterocycles. The van der Waals surface area contributed by atoms with E-state index in [4.69, 9.17) is 4.74 Å². The van der Waals surface area contributed by atoms with Gasteiger partial charge >= 0.3 is 0 Å². The molecule has 3 nitrogen and oxygen atoms in total. The lowest BCUT2D eigenvalue weighted by Crippen LogP contribution is -1.96. The molecule has 0 unspecified atom stereocenters. The summed E-state index contributed by atoms with van der Waals surface area (Å²) in [5.74, 6) is 0.315. The van der Waals surface area contributed by atoms with Gasteiger partial charge in [0.15, 0.2) is 5.78 Å². The van der Waals surface area contributed by atoms with Crippen LogP contribution in [0.4, 0.5) is 4.39 Å². The minimum absolute atomic E-state index is 0.0300. The minimum atomic E-state index is -0.297. The fraction of sp³-hybridized carbons (Fsp3) is 0.286. The van der Waals surface area contributed by atoms with Crippen LogP contribution in [0.25, 0.3) is 0 Å². The van der Waals surface area contributed by atoms with E-state index in [2.05, 4.69) is 4.98 Å². The third kappa shape index (κ3) is 3.38. The molecule has 2 aromatic rings. The first kappa shape index (κ1) is 13.7. The van der Waals surface area contributed by atoms with Crippen LogP contribution >= 0.6 is 11.3 Å². The summed E-state index contributed by atoms with van der Waals surface area (Å²) in [6.07, 6.45) is 0.724. The number of carbonyl (C=O) groups excluding carboxylic acids is 1. The number of benzene rings is 1. The number of carbonyl (C=O) groups is 1. The van der Waals surface area contributed by atoms with Crippen LogP contribution in [-0.2, 0) is 13.0 Å². The molecule has 0 aliphatic heterocycles. The third-order valence-electron chi connectivity index (χ3n) is 2.57. The molecule has 2 rings (SSSR count). The van der Waals surface area contributed by atoms with E-state index in [1.54, 1.807) is 12.1 Å². The van der Waals surface area contributed by atoms with Gasteiger partial charge in [-0.15, -0.1) is 11.3 Å². The number of thiazole rings is 1. The number of Topliss-reactive ketones (excluding diaryl/α,β-unsaturated/α-hetero) is 1. The highest BCUT2D eigenvalue weighted by atomic mass is 32.1. The van der Waals surface area contributed by atoms with E-state index < -0.39 is 0 Å². The molecule has 19 heavy (non-hydrogen) atoms. The lowest BCUT2D eigenvalue weighted by Gasteiger charge is -2.02. The number of nitrogens with zero attached hydrogens (tertiary/aromatic N) is 1. The number of hydrogen-bond donors (Lipinski definition) is 0. The van der Waals surface area contributed by atoms with Crippen LogP contribution < -0.4 is 4.74 Å². The molecule has 0 radical (unpaired) electrons. The van der Waals surface area contributed by atoms with Gasteiger partial charge in [0.2, 0.25) is 0 Å². The summed E-state index contributed by atoms with van der Waals surface area (Å²) in [5, 5.41) is 0.756. The average Bonchev–Trinajstić information content (AvgIpc) is 2.81. The van der Waals surface area contributed by atoms with Crippen molar-refractivity contribution in [1.82, 2.24) is 4.98 Å². The predicted octanol–water partition coefficient (Wildman–Crippen LogP) is 3.63. The molecule has 0 saturated carbocycles. The van der Waals surface area contributed by atoms with E-state index in [0.29, 0.717) is 10.6 Å². The molecule has 0 atom stereocenters. The molecule has 5 heteroatoms. The van der Waals surface area contributed by atoms with E-state index in [1.165, 1.54) is 30.4 Å². The highest BCUT2D eigenvalue weighted by Gasteiger charge is 2.13. The summed E-state index contributed by atoms with van der Waals surface area (Å²) in [7, 11) is 0. The van der Waals surface area contributed by atoms with Gasteiger partial charge in [-0.25, -0.2) is 9.37 Å². The van der Waals surface area contributed by atoms with Gasteiger partial charge in [-0.1, -0.05) is 6.92 Å². The number of ketones is 1. The molecule has 1 aromatic heterocycles. The fourth-order valence-corrected chi connectivity index (χ4v) is 2.61. The van der Waals surface area contributed by atoms with Crippen molar-refractivity contribution in [3.8, 4) is 5.75 Å². The molecule has 100 valence electrons. The fourth-order valence-electron chi connectivity index (χ4n) is 1.65. The number of halogens is 1. The van der Waals surface area contributed by atoms with Gasteiger partial charge in [0.1, 0.15) is 23.2 Å². The van der Waals surface area contributed by atoms with Crippen molar-refractivity contribution in [3.63, 3.8) is 0 Å². The van der Waals surface area contributed by atoms with E-state index >= 15 is 0 Å². The van der Waals surface area contributed by atoms with Gasteiger partial charge in [-0.3, -0.25) is 4.79 Å². The monoisotopic (exact) mass is 279 g/mol. The maximum atomic E-state index is 12.7. The Bertz CT molecular complexity index is 578. The van der Waals surface area contributed by atoms with Crippen LogP contribution in [-0.4, -0.2) is 10.8 Å². The standard InChI is InChI=1S/C14H14FNO2S/c1-3-12-14(9(2)17)19-13(16-12)8-18-11-6-4-10(15)5-7-11/h4-7H,3,8H2,1-2H3. The lowest BCUT2D eigenvalue weighted by atomic mass is 10.2. The van der Waals surface area contributed by atoms with Crippen LogP contribution in [0.5, 0.6) is 5.75 Å². The summed E-state index contributed by atoms with van der Waals surface area (Å²) >= 11 is 1.35. The number of aryl methyl sites for hydroxylation is 1. The zero-order valence-corrected chi connectivity index (χ0v) is 11.6. The Morgan fingerprint density at radius 3 is 2.58 bits per heavy atom. The largest absolute Gasteiger partial charge is 0.486 e. The second-order valence-electron chi connectivity index (χ2n) is 4.04. The van der Waals surface area contributed by atoms with Gasteiger partial charge in [0.05, 0.1) is 10.6 Å². The molecule has 0 aliphatic rings. The Morgan fingerprint density at radius 1 is 1.37 bits per heavy atom. The summed E-state index contributed by atoms with van der Waals surface area (Å²) in [4.78, 5) is 16.5. The summed E-state index contributed by atoms with van der Waals surface area (Å²) in [5.41, 5.74) is 0.815. The maximum Gasteiger partial charge on any atom is 0.171 e. The smallest absolute Gasteiger partial charge is 0.171 e. The molecule has 1 heterocycles. The molecular weight excluding hydrogens is 265 g/mol. The van der Waals surface area contributed by atoms with Gasteiger partial charge in [-0.2, -0.15) is 0 Å². The molecule has 0 aliphatic carbocycles. The summed E-state index contributed by atoms with van der Waals surface area (Å²) in [6, 6.07) is 5.82. The number of aromatic nitrogens is 1. The SMILES string of the molecule is CCc1nc(COc2ccc(F)cc2)sc1C(C)=O.